The maximum Gasteiger partial charge on any atom is 0.228 e. The summed E-state index contributed by atoms with van der Waals surface area (Å²) < 4.78 is 25.0. The molecular formula is C19H22N2O3S. The normalized spacial score (nSPS) is 17.8. The molecule has 1 fully saturated rings. The summed E-state index contributed by atoms with van der Waals surface area (Å²) in [6, 6.07) is 15.4. The van der Waals surface area contributed by atoms with Gasteiger partial charge in [0.05, 0.1) is 16.6 Å². The molecule has 1 amide bonds. The predicted octanol–water partition coefficient (Wildman–Crippen LogP) is 2.60. The Labute approximate surface area is 148 Å². The van der Waals surface area contributed by atoms with Gasteiger partial charge in [-0.2, -0.15) is 0 Å². The van der Waals surface area contributed by atoms with E-state index in [1.807, 2.05) is 0 Å². The first-order valence-corrected chi connectivity index (χ1v) is 10.1. The van der Waals surface area contributed by atoms with Crippen LogP contribution in [-0.2, 0) is 20.4 Å². The molecular weight excluding hydrogens is 336 g/mol. The molecule has 0 bridgehead atoms. The van der Waals surface area contributed by atoms with E-state index < -0.39 is 9.84 Å². The Kier molecular flexibility index (Phi) is 5.50. The number of amides is 1. The van der Waals surface area contributed by atoms with Gasteiger partial charge in [-0.1, -0.05) is 30.3 Å². The standard InChI is InChI=1S/C19H22N2O3S/c22-19(16-7-5-11-20-13-16)21-17-8-4-6-15(12-17)14-25(23,24)18-9-2-1-3-10-18/h1-4,6,8-10,12,16,20H,5,7,11,13-14H2,(H,21,22). The highest BCUT2D eigenvalue weighted by atomic mass is 32.2. The van der Waals surface area contributed by atoms with Gasteiger partial charge in [-0.25, -0.2) is 8.42 Å². The van der Waals surface area contributed by atoms with Crippen molar-refractivity contribution in [3.05, 3.63) is 60.2 Å². The fourth-order valence-corrected chi connectivity index (χ4v) is 4.35. The van der Waals surface area contributed by atoms with E-state index in [-0.39, 0.29) is 17.6 Å². The number of sulfone groups is 1. The topological polar surface area (TPSA) is 75.3 Å². The average molecular weight is 358 g/mol. The maximum absolute atomic E-state index is 12.5. The summed E-state index contributed by atoms with van der Waals surface area (Å²) in [5.41, 5.74) is 1.29. The predicted molar refractivity (Wildman–Crippen MR) is 98.0 cm³/mol. The smallest absolute Gasteiger partial charge is 0.228 e. The van der Waals surface area contributed by atoms with E-state index in [9.17, 15) is 13.2 Å². The molecule has 0 saturated carbocycles. The molecule has 2 N–H and O–H groups in total. The molecule has 0 aromatic heterocycles. The van der Waals surface area contributed by atoms with Crippen molar-refractivity contribution < 1.29 is 13.2 Å². The molecule has 0 spiro atoms. The zero-order valence-electron chi connectivity index (χ0n) is 13.9. The third kappa shape index (κ3) is 4.67. The Morgan fingerprint density at radius 2 is 1.92 bits per heavy atom. The van der Waals surface area contributed by atoms with Crippen LogP contribution in [0.15, 0.2) is 59.5 Å². The van der Waals surface area contributed by atoms with E-state index in [0.29, 0.717) is 22.7 Å². The SMILES string of the molecule is O=C(Nc1cccc(CS(=O)(=O)c2ccccc2)c1)C1CCCNC1. The highest BCUT2D eigenvalue weighted by Crippen LogP contribution is 2.20. The second-order valence-corrected chi connectivity index (χ2v) is 8.29. The molecule has 2 aromatic rings. The first kappa shape index (κ1) is 17.6. The Morgan fingerprint density at radius 3 is 2.64 bits per heavy atom. The number of carbonyl (C=O) groups is 1. The molecule has 25 heavy (non-hydrogen) atoms. The zero-order valence-corrected chi connectivity index (χ0v) is 14.8. The lowest BCUT2D eigenvalue weighted by Gasteiger charge is -2.22. The van der Waals surface area contributed by atoms with Crippen molar-refractivity contribution in [3.63, 3.8) is 0 Å². The van der Waals surface area contributed by atoms with Crippen molar-refractivity contribution >= 4 is 21.4 Å². The molecule has 1 atom stereocenters. The van der Waals surface area contributed by atoms with E-state index >= 15 is 0 Å². The van der Waals surface area contributed by atoms with Gasteiger partial charge in [0, 0.05) is 12.2 Å². The number of carbonyl (C=O) groups excluding carboxylic acids is 1. The number of hydrogen-bond donors (Lipinski definition) is 2. The van der Waals surface area contributed by atoms with E-state index in [1.165, 1.54) is 0 Å². The average Bonchev–Trinajstić information content (AvgIpc) is 2.63. The van der Waals surface area contributed by atoms with E-state index in [2.05, 4.69) is 10.6 Å². The van der Waals surface area contributed by atoms with E-state index in [1.54, 1.807) is 54.6 Å². The van der Waals surface area contributed by atoms with Crippen LogP contribution in [-0.4, -0.2) is 27.4 Å². The quantitative estimate of drug-likeness (QED) is 0.861. The van der Waals surface area contributed by atoms with E-state index in [4.69, 9.17) is 0 Å². The fraction of sp³-hybridized carbons (Fsp3) is 0.316. The summed E-state index contributed by atoms with van der Waals surface area (Å²) in [6.45, 7) is 1.64. The molecule has 5 nitrogen and oxygen atoms in total. The van der Waals surface area contributed by atoms with Gasteiger partial charge in [0.1, 0.15) is 0 Å². The third-order valence-corrected chi connectivity index (χ3v) is 6.02. The third-order valence-electron chi connectivity index (χ3n) is 4.32. The van der Waals surface area contributed by atoms with E-state index in [0.717, 1.165) is 19.4 Å². The van der Waals surface area contributed by atoms with Gasteiger partial charge in [-0.15, -0.1) is 0 Å². The monoisotopic (exact) mass is 358 g/mol. The fourth-order valence-electron chi connectivity index (χ4n) is 2.99. The lowest BCUT2D eigenvalue weighted by Crippen LogP contribution is -2.37. The van der Waals surface area contributed by atoms with Crippen LogP contribution in [0.5, 0.6) is 0 Å². The first-order chi connectivity index (χ1) is 12.0. The Balaban J connectivity index is 1.70. The number of piperidine rings is 1. The van der Waals surface area contributed by atoms with Crippen molar-refractivity contribution in [1.29, 1.82) is 0 Å². The van der Waals surface area contributed by atoms with Gasteiger partial charge in [0.2, 0.25) is 5.91 Å². The van der Waals surface area contributed by atoms with Crippen LogP contribution in [0.2, 0.25) is 0 Å². The van der Waals surface area contributed by atoms with Crippen LogP contribution in [0, 0.1) is 5.92 Å². The molecule has 6 heteroatoms. The molecule has 0 aliphatic carbocycles. The minimum Gasteiger partial charge on any atom is -0.326 e. The van der Waals surface area contributed by atoms with Crippen molar-refractivity contribution in [2.24, 2.45) is 5.92 Å². The highest BCUT2D eigenvalue weighted by molar-refractivity contribution is 7.90. The Bertz CT molecular complexity index is 829. The lowest BCUT2D eigenvalue weighted by molar-refractivity contribution is -0.120. The van der Waals surface area contributed by atoms with Crippen LogP contribution in [0.4, 0.5) is 5.69 Å². The molecule has 1 aliphatic rings. The van der Waals surface area contributed by atoms with Crippen molar-refractivity contribution in [2.75, 3.05) is 18.4 Å². The summed E-state index contributed by atoms with van der Waals surface area (Å²) in [6.07, 6.45) is 1.87. The molecule has 2 aromatic carbocycles. The molecule has 1 saturated heterocycles. The van der Waals surface area contributed by atoms with Gasteiger partial charge >= 0.3 is 0 Å². The molecule has 1 heterocycles. The Hall–Kier alpha value is -2.18. The van der Waals surface area contributed by atoms with Crippen LogP contribution in [0.3, 0.4) is 0 Å². The van der Waals surface area contributed by atoms with Gasteiger partial charge in [-0.3, -0.25) is 4.79 Å². The number of rotatable bonds is 5. The molecule has 0 radical (unpaired) electrons. The van der Waals surface area contributed by atoms with Gasteiger partial charge in [-0.05, 0) is 49.2 Å². The van der Waals surface area contributed by atoms with Crippen LogP contribution in [0.1, 0.15) is 18.4 Å². The first-order valence-electron chi connectivity index (χ1n) is 8.43. The second kappa shape index (κ2) is 7.80. The maximum atomic E-state index is 12.5. The van der Waals surface area contributed by atoms with Crippen molar-refractivity contribution in [1.82, 2.24) is 5.32 Å². The van der Waals surface area contributed by atoms with Crippen molar-refractivity contribution in [3.8, 4) is 0 Å². The van der Waals surface area contributed by atoms with Crippen molar-refractivity contribution in [2.45, 2.75) is 23.5 Å². The highest BCUT2D eigenvalue weighted by Gasteiger charge is 2.21. The Morgan fingerprint density at radius 1 is 1.12 bits per heavy atom. The largest absolute Gasteiger partial charge is 0.326 e. The minimum absolute atomic E-state index is 0.0183. The summed E-state index contributed by atoms with van der Waals surface area (Å²) in [5, 5.41) is 6.13. The van der Waals surface area contributed by atoms with Crippen LogP contribution < -0.4 is 10.6 Å². The van der Waals surface area contributed by atoms with Gasteiger partial charge < -0.3 is 10.6 Å². The summed E-state index contributed by atoms with van der Waals surface area (Å²) in [7, 11) is -3.40. The molecule has 1 aliphatic heterocycles. The number of anilines is 1. The summed E-state index contributed by atoms with van der Waals surface area (Å²) in [4.78, 5) is 12.6. The zero-order chi connectivity index (χ0) is 17.7. The summed E-state index contributed by atoms with van der Waals surface area (Å²) in [5.74, 6) is -0.146. The second-order valence-electron chi connectivity index (χ2n) is 6.31. The summed E-state index contributed by atoms with van der Waals surface area (Å²) >= 11 is 0. The number of nitrogens with one attached hydrogen (secondary N) is 2. The minimum atomic E-state index is -3.40. The van der Waals surface area contributed by atoms with Gasteiger partial charge in [0.15, 0.2) is 9.84 Å². The van der Waals surface area contributed by atoms with Gasteiger partial charge in [0.25, 0.3) is 0 Å². The molecule has 3 rings (SSSR count). The van der Waals surface area contributed by atoms with Crippen LogP contribution in [0.25, 0.3) is 0 Å². The lowest BCUT2D eigenvalue weighted by atomic mass is 9.99. The number of benzene rings is 2. The number of hydrogen-bond acceptors (Lipinski definition) is 4. The molecule has 132 valence electrons. The molecule has 1 unspecified atom stereocenters. The van der Waals surface area contributed by atoms with Crippen LogP contribution >= 0.6 is 0 Å².